The molecule has 2 rings (SSSR count). The largest absolute Gasteiger partial charge is 0.302 e. The summed E-state index contributed by atoms with van der Waals surface area (Å²) in [7, 11) is -3.21. The summed E-state index contributed by atoms with van der Waals surface area (Å²) in [5.74, 6) is 0. The predicted molar refractivity (Wildman–Crippen MR) is 39.2 cm³/mol. The van der Waals surface area contributed by atoms with Gasteiger partial charge in [0.1, 0.15) is 0 Å². The molecule has 1 heterocycles. The van der Waals surface area contributed by atoms with Crippen molar-refractivity contribution >= 4 is 10.1 Å². The number of hydrogen-bond donors (Lipinski definition) is 0. The van der Waals surface area contributed by atoms with Crippen molar-refractivity contribution in [2.75, 3.05) is 0 Å². The van der Waals surface area contributed by atoms with Crippen molar-refractivity contribution in [3.8, 4) is 0 Å². The van der Waals surface area contributed by atoms with Crippen LogP contribution in [0.15, 0.2) is 30.3 Å². The molecule has 1 aliphatic heterocycles. The molecule has 1 aromatic rings. The first-order chi connectivity index (χ1) is 5.20. The van der Waals surface area contributed by atoms with E-state index in [1.54, 1.807) is 24.3 Å². The van der Waals surface area contributed by atoms with Crippen molar-refractivity contribution in [1.82, 2.24) is 0 Å². The molecule has 0 bridgehead atoms. The van der Waals surface area contributed by atoms with Crippen LogP contribution in [0.25, 0.3) is 0 Å². The summed E-state index contributed by atoms with van der Waals surface area (Å²) in [5.41, 5.74) is -0.00352. The monoisotopic (exact) mass is 170 g/mol. The Kier molecular flexibility index (Phi) is 1.27. The Morgan fingerprint density at radius 1 is 1.18 bits per heavy atom. The van der Waals surface area contributed by atoms with Crippen LogP contribution in [0.2, 0.25) is 0 Å². The lowest BCUT2D eigenvalue weighted by Gasteiger charge is -1.87. The Morgan fingerprint density at radius 3 is 2.18 bits per heavy atom. The van der Waals surface area contributed by atoms with E-state index in [0.717, 1.165) is 0 Å². The maximum atomic E-state index is 10.7. The maximum absolute atomic E-state index is 10.7. The van der Waals surface area contributed by atoms with Crippen LogP contribution in [0, 0.1) is 0 Å². The van der Waals surface area contributed by atoms with Crippen molar-refractivity contribution in [3.63, 3.8) is 0 Å². The molecule has 1 fully saturated rings. The maximum Gasteiger partial charge on any atom is 0.302 e. The van der Waals surface area contributed by atoms with Crippen LogP contribution in [-0.4, -0.2) is 8.42 Å². The van der Waals surface area contributed by atoms with E-state index in [2.05, 4.69) is 4.18 Å². The Bertz CT molecular complexity index is 355. The molecule has 1 aromatic carbocycles. The fraction of sp³-hybridized carbons (Fsp3) is 0.143. The lowest BCUT2D eigenvalue weighted by Crippen LogP contribution is -1.79. The third kappa shape index (κ3) is 1.15. The average Bonchev–Trinajstić information content (AvgIpc) is 2.62. The van der Waals surface area contributed by atoms with Gasteiger partial charge in [0.05, 0.1) is 0 Å². The SMILES string of the molecule is O=S1(=O)O[C@@H]1c1ccccc1. The van der Waals surface area contributed by atoms with E-state index in [1.165, 1.54) is 0 Å². The summed E-state index contributed by atoms with van der Waals surface area (Å²) in [5, 5.41) is 0. The van der Waals surface area contributed by atoms with Gasteiger partial charge in [-0.1, -0.05) is 30.3 Å². The van der Waals surface area contributed by atoms with Gasteiger partial charge in [-0.3, -0.25) is 0 Å². The first-order valence-corrected chi connectivity index (χ1v) is 4.64. The van der Waals surface area contributed by atoms with E-state index < -0.39 is 15.6 Å². The first kappa shape index (κ1) is 6.82. The molecule has 3 nitrogen and oxygen atoms in total. The van der Waals surface area contributed by atoms with Crippen LogP contribution in [0.3, 0.4) is 0 Å². The van der Waals surface area contributed by atoms with Gasteiger partial charge in [-0.2, -0.15) is 8.42 Å². The molecule has 58 valence electrons. The van der Waals surface area contributed by atoms with E-state index in [4.69, 9.17) is 0 Å². The minimum atomic E-state index is -3.21. The lowest BCUT2D eigenvalue weighted by atomic mass is 10.2. The molecule has 11 heavy (non-hydrogen) atoms. The number of rotatable bonds is 1. The molecule has 4 heteroatoms. The van der Waals surface area contributed by atoms with Crippen molar-refractivity contribution in [2.24, 2.45) is 0 Å². The van der Waals surface area contributed by atoms with E-state index in [0.29, 0.717) is 5.56 Å². The first-order valence-electron chi connectivity index (χ1n) is 3.17. The van der Waals surface area contributed by atoms with Crippen molar-refractivity contribution in [3.05, 3.63) is 35.9 Å². The van der Waals surface area contributed by atoms with E-state index in [1.807, 2.05) is 6.07 Å². The summed E-state index contributed by atoms with van der Waals surface area (Å²) in [4.78, 5) is 0. The van der Waals surface area contributed by atoms with Crippen LogP contribution in [0.5, 0.6) is 0 Å². The van der Waals surface area contributed by atoms with Gasteiger partial charge in [0.15, 0.2) is 0 Å². The fourth-order valence-corrected chi connectivity index (χ4v) is 1.92. The Hall–Kier alpha value is -0.870. The minimum absolute atomic E-state index is 0.701. The highest BCUT2D eigenvalue weighted by Gasteiger charge is 2.47. The van der Waals surface area contributed by atoms with Crippen molar-refractivity contribution < 1.29 is 12.6 Å². The number of hydrogen-bond acceptors (Lipinski definition) is 3. The molecule has 0 saturated carbocycles. The van der Waals surface area contributed by atoms with Crippen LogP contribution in [0.4, 0.5) is 0 Å². The fourth-order valence-electron chi connectivity index (χ4n) is 0.932. The smallest absolute Gasteiger partial charge is 0.240 e. The van der Waals surface area contributed by atoms with Gasteiger partial charge < -0.3 is 0 Å². The van der Waals surface area contributed by atoms with Crippen LogP contribution >= 0.6 is 0 Å². The van der Waals surface area contributed by atoms with Gasteiger partial charge in [0.2, 0.25) is 5.44 Å². The third-order valence-corrected chi connectivity index (χ3v) is 2.68. The van der Waals surface area contributed by atoms with E-state index in [-0.39, 0.29) is 0 Å². The molecule has 0 aromatic heterocycles. The zero-order valence-corrected chi connectivity index (χ0v) is 6.41. The van der Waals surface area contributed by atoms with Gasteiger partial charge in [0, 0.05) is 0 Å². The second-order valence-electron chi connectivity index (χ2n) is 2.33. The Morgan fingerprint density at radius 2 is 1.73 bits per heavy atom. The lowest BCUT2D eigenvalue weighted by molar-refractivity contribution is 0.454. The molecular weight excluding hydrogens is 164 g/mol. The molecule has 0 aliphatic carbocycles. The standard InChI is InChI=1S/C7H6O3S/c8-11(9)7(10-11)6-4-2-1-3-5-6/h1-5,7H/t7-/m0/s1. The zero-order valence-electron chi connectivity index (χ0n) is 5.60. The number of benzene rings is 1. The van der Waals surface area contributed by atoms with Crippen LogP contribution in [-0.2, 0) is 14.3 Å². The quantitative estimate of drug-likeness (QED) is 0.592. The van der Waals surface area contributed by atoms with Gasteiger partial charge in [-0.15, -0.1) is 0 Å². The normalized spacial score (nSPS) is 26.4. The van der Waals surface area contributed by atoms with Crippen LogP contribution < -0.4 is 0 Å². The molecule has 1 saturated heterocycles. The van der Waals surface area contributed by atoms with E-state index in [9.17, 15) is 8.42 Å². The summed E-state index contributed by atoms with van der Waals surface area (Å²) in [6.07, 6.45) is 0. The Labute approximate surface area is 64.7 Å². The molecule has 1 atom stereocenters. The molecule has 0 radical (unpaired) electrons. The van der Waals surface area contributed by atoms with Crippen molar-refractivity contribution in [2.45, 2.75) is 5.44 Å². The highest BCUT2D eigenvalue weighted by atomic mass is 32.2. The second kappa shape index (κ2) is 2.06. The summed E-state index contributed by atoms with van der Waals surface area (Å²) in [6.45, 7) is 0. The minimum Gasteiger partial charge on any atom is -0.240 e. The van der Waals surface area contributed by atoms with E-state index >= 15 is 0 Å². The summed E-state index contributed by atoms with van der Waals surface area (Å²) < 4.78 is 25.8. The highest BCUT2D eigenvalue weighted by molar-refractivity contribution is 7.92. The second-order valence-corrected chi connectivity index (χ2v) is 3.94. The Balaban J connectivity index is 2.35. The average molecular weight is 170 g/mol. The van der Waals surface area contributed by atoms with Crippen molar-refractivity contribution in [1.29, 1.82) is 0 Å². The predicted octanol–water partition coefficient (Wildman–Crippen LogP) is 1.05. The van der Waals surface area contributed by atoms with Crippen LogP contribution in [0.1, 0.15) is 11.0 Å². The molecule has 0 amide bonds. The van der Waals surface area contributed by atoms with Gasteiger partial charge in [0.25, 0.3) is 0 Å². The summed E-state index contributed by atoms with van der Waals surface area (Å²) in [6, 6.07) is 8.86. The third-order valence-electron chi connectivity index (χ3n) is 1.52. The van der Waals surface area contributed by atoms with Gasteiger partial charge in [-0.25, -0.2) is 4.18 Å². The van der Waals surface area contributed by atoms with Gasteiger partial charge in [-0.05, 0) is 5.56 Å². The topological polar surface area (TPSA) is 46.7 Å². The highest BCUT2D eigenvalue weighted by Crippen LogP contribution is 2.40. The van der Waals surface area contributed by atoms with Gasteiger partial charge >= 0.3 is 10.1 Å². The molecule has 0 spiro atoms. The molecule has 0 N–H and O–H groups in total. The summed E-state index contributed by atoms with van der Waals surface area (Å²) >= 11 is 0. The zero-order chi connectivity index (χ0) is 7.90. The molecular formula is C7H6O3S. The molecule has 0 unspecified atom stereocenters. The molecule has 1 aliphatic rings.